The maximum Gasteiger partial charge on any atom is 0.278 e. The largest absolute Gasteiger partial charge is 0.319 e. The smallest absolute Gasteiger partial charge is 0.278 e. The number of hydrogen-bond donors (Lipinski definition) is 1. The third-order valence-electron chi connectivity index (χ3n) is 3.15. The van der Waals surface area contributed by atoms with Gasteiger partial charge in [-0.15, -0.1) is 5.10 Å². The number of carbonyl (C=O) groups is 1. The molecule has 7 nitrogen and oxygen atoms in total. The summed E-state index contributed by atoms with van der Waals surface area (Å²) in [6, 6.07) is 8.80. The summed E-state index contributed by atoms with van der Waals surface area (Å²) >= 11 is 6.03. The highest BCUT2D eigenvalue weighted by Crippen LogP contribution is 2.21. The highest BCUT2D eigenvalue weighted by molar-refractivity contribution is 6.33. The summed E-state index contributed by atoms with van der Waals surface area (Å²) in [5, 5.41) is 15.3. The molecular formula is C14H13ClN6O. The van der Waals surface area contributed by atoms with Gasteiger partial charge in [-0.25, -0.2) is 0 Å². The number of hydrogen-bond acceptors (Lipinski definition) is 4. The van der Waals surface area contributed by atoms with Crippen LogP contribution in [-0.2, 0) is 7.05 Å². The maximum atomic E-state index is 12.3. The highest BCUT2D eigenvalue weighted by Gasteiger charge is 2.19. The molecule has 2 aromatic heterocycles. The molecule has 0 bridgehead atoms. The second-order valence-corrected chi connectivity index (χ2v) is 5.12. The van der Waals surface area contributed by atoms with Crippen molar-refractivity contribution in [1.29, 1.82) is 0 Å². The number of anilines is 1. The number of benzene rings is 1. The average Bonchev–Trinajstić information content (AvgIpc) is 3.07. The first kappa shape index (κ1) is 14.3. The summed E-state index contributed by atoms with van der Waals surface area (Å²) in [6.45, 7) is 1.76. The topological polar surface area (TPSA) is 77.6 Å². The highest BCUT2D eigenvalue weighted by atomic mass is 35.5. The van der Waals surface area contributed by atoms with Crippen LogP contribution in [0.15, 0.2) is 36.5 Å². The first-order valence-corrected chi connectivity index (χ1v) is 6.92. The van der Waals surface area contributed by atoms with E-state index in [2.05, 4.69) is 20.7 Å². The fraction of sp³-hybridized carbons (Fsp3) is 0.143. The standard InChI is InChI=1S/C14H13ClN6O/c1-9-13(14(22)16-11-6-4-3-5-10(11)15)17-19-21(9)12-7-8-20(2)18-12/h3-8H,1-2H3,(H,16,22). The van der Waals surface area contributed by atoms with Crippen molar-refractivity contribution in [1.82, 2.24) is 24.8 Å². The Morgan fingerprint density at radius 1 is 1.27 bits per heavy atom. The zero-order valence-electron chi connectivity index (χ0n) is 12.0. The molecule has 0 saturated carbocycles. The molecule has 0 aliphatic heterocycles. The number of amides is 1. The van der Waals surface area contributed by atoms with Crippen LogP contribution in [0.4, 0.5) is 5.69 Å². The van der Waals surface area contributed by atoms with Crippen molar-refractivity contribution in [3.63, 3.8) is 0 Å². The minimum absolute atomic E-state index is 0.227. The number of carbonyl (C=O) groups excluding carboxylic acids is 1. The van der Waals surface area contributed by atoms with Crippen LogP contribution in [0.2, 0.25) is 5.02 Å². The Balaban J connectivity index is 1.88. The van der Waals surface area contributed by atoms with Crippen molar-refractivity contribution in [2.24, 2.45) is 7.05 Å². The Bertz CT molecular complexity index is 837. The second kappa shape index (κ2) is 5.61. The Morgan fingerprint density at radius 2 is 2.05 bits per heavy atom. The number of nitrogens with zero attached hydrogens (tertiary/aromatic N) is 5. The van der Waals surface area contributed by atoms with E-state index in [1.807, 2.05) is 0 Å². The zero-order valence-corrected chi connectivity index (χ0v) is 12.7. The molecule has 0 unspecified atom stereocenters. The number of aryl methyl sites for hydroxylation is 1. The SMILES string of the molecule is Cc1c(C(=O)Nc2ccccc2Cl)nnn1-c1ccn(C)n1. The predicted octanol–water partition coefficient (Wildman–Crippen LogP) is 2.21. The van der Waals surface area contributed by atoms with Gasteiger partial charge in [-0.05, 0) is 19.1 Å². The van der Waals surface area contributed by atoms with Gasteiger partial charge in [0.2, 0.25) is 0 Å². The van der Waals surface area contributed by atoms with Crippen molar-refractivity contribution in [3.8, 4) is 5.82 Å². The minimum atomic E-state index is -0.368. The molecule has 22 heavy (non-hydrogen) atoms. The monoisotopic (exact) mass is 316 g/mol. The summed E-state index contributed by atoms with van der Waals surface area (Å²) in [5.74, 6) is 0.233. The van der Waals surface area contributed by atoms with Gasteiger partial charge in [-0.1, -0.05) is 28.9 Å². The average molecular weight is 317 g/mol. The van der Waals surface area contributed by atoms with Gasteiger partial charge in [0.15, 0.2) is 11.5 Å². The molecule has 0 aliphatic carbocycles. The van der Waals surface area contributed by atoms with Gasteiger partial charge >= 0.3 is 0 Å². The number of rotatable bonds is 3. The van der Waals surface area contributed by atoms with Crippen molar-refractivity contribution in [3.05, 3.63) is 52.9 Å². The molecule has 0 radical (unpaired) electrons. The van der Waals surface area contributed by atoms with Crippen LogP contribution in [-0.4, -0.2) is 30.7 Å². The summed E-state index contributed by atoms with van der Waals surface area (Å²) in [5.41, 5.74) is 1.36. The molecular weight excluding hydrogens is 304 g/mol. The van der Waals surface area contributed by atoms with Gasteiger partial charge in [0.25, 0.3) is 5.91 Å². The number of aromatic nitrogens is 5. The maximum absolute atomic E-state index is 12.3. The Kier molecular flexibility index (Phi) is 3.64. The van der Waals surface area contributed by atoms with E-state index in [1.165, 1.54) is 4.68 Å². The second-order valence-electron chi connectivity index (χ2n) is 4.72. The molecule has 1 amide bonds. The summed E-state index contributed by atoms with van der Waals surface area (Å²) in [6.07, 6.45) is 1.79. The number of nitrogens with one attached hydrogen (secondary N) is 1. The molecule has 0 spiro atoms. The third-order valence-corrected chi connectivity index (χ3v) is 3.48. The van der Waals surface area contributed by atoms with Crippen molar-refractivity contribution < 1.29 is 4.79 Å². The molecule has 1 N–H and O–H groups in total. The molecule has 0 saturated heterocycles. The Labute approximate surface area is 131 Å². The number of para-hydroxylation sites is 1. The third kappa shape index (κ3) is 2.58. The van der Waals surface area contributed by atoms with Gasteiger partial charge in [0, 0.05) is 19.3 Å². The first-order chi connectivity index (χ1) is 10.6. The van der Waals surface area contributed by atoms with Gasteiger partial charge in [0.1, 0.15) is 0 Å². The van der Waals surface area contributed by atoms with Gasteiger partial charge < -0.3 is 5.32 Å². The van der Waals surface area contributed by atoms with Crippen LogP contribution in [0.3, 0.4) is 0 Å². The Morgan fingerprint density at radius 3 is 2.73 bits per heavy atom. The fourth-order valence-corrected chi connectivity index (χ4v) is 2.20. The molecule has 3 aromatic rings. The Hall–Kier alpha value is -2.67. The lowest BCUT2D eigenvalue weighted by Crippen LogP contribution is -2.14. The lowest BCUT2D eigenvalue weighted by atomic mass is 10.3. The minimum Gasteiger partial charge on any atom is -0.319 e. The summed E-state index contributed by atoms with van der Waals surface area (Å²) in [4.78, 5) is 12.3. The fourth-order valence-electron chi connectivity index (χ4n) is 2.02. The predicted molar refractivity (Wildman–Crippen MR) is 82.3 cm³/mol. The van der Waals surface area contributed by atoms with Crippen molar-refractivity contribution >= 4 is 23.2 Å². The van der Waals surface area contributed by atoms with Gasteiger partial charge in [-0.3, -0.25) is 9.48 Å². The van der Waals surface area contributed by atoms with Crippen LogP contribution in [0, 0.1) is 6.92 Å². The molecule has 0 atom stereocenters. The van der Waals surface area contributed by atoms with E-state index in [4.69, 9.17) is 11.6 Å². The summed E-state index contributed by atoms with van der Waals surface area (Å²) < 4.78 is 3.17. The molecule has 0 fully saturated rings. The quantitative estimate of drug-likeness (QED) is 0.803. The van der Waals surface area contributed by atoms with Crippen LogP contribution in [0.1, 0.15) is 16.2 Å². The normalized spacial score (nSPS) is 10.7. The van der Waals surface area contributed by atoms with Crippen LogP contribution < -0.4 is 5.32 Å². The molecule has 112 valence electrons. The molecule has 8 heteroatoms. The lowest BCUT2D eigenvalue weighted by Gasteiger charge is -2.05. The van der Waals surface area contributed by atoms with Crippen LogP contribution in [0.25, 0.3) is 5.82 Å². The molecule has 3 rings (SSSR count). The molecule has 2 heterocycles. The zero-order chi connectivity index (χ0) is 15.7. The van der Waals surface area contributed by atoms with E-state index in [0.717, 1.165) is 0 Å². The number of halogens is 1. The van der Waals surface area contributed by atoms with Crippen LogP contribution in [0.5, 0.6) is 0 Å². The molecule has 1 aromatic carbocycles. The van der Waals surface area contributed by atoms with E-state index in [1.54, 1.807) is 55.2 Å². The van der Waals surface area contributed by atoms with E-state index in [9.17, 15) is 4.79 Å². The van der Waals surface area contributed by atoms with Crippen molar-refractivity contribution in [2.45, 2.75) is 6.92 Å². The van der Waals surface area contributed by atoms with Crippen LogP contribution >= 0.6 is 11.6 Å². The van der Waals surface area contributed by atoms with E-state index >= 15 is 0 Å². The van der Waals surface area contributed by atoms with E-state index in [0.29, 0.717) is 22.2 Å². The lowest BCUT2D eigenvalue weighted by molar-refractivity contribution is 0.102. The first-order valence-electron chi connectivity index (χ1n) is 6.54. The van der Waals surface area contributed by atoms with Gasteiger partial charge in [-0.2, -0.15) is 9.78 Å². The van der Waals surface area contributed by atoms with Gasteiger partial charge in [0.05, 0.1) is 16.4 Å². The summed E-state index contributed by atoms with van der Waals surface area (Å²) in [7, 11) is 1.81. The van der Waals surface area contributed by atoms with E-state index < -0.39 is 0 Å². The van der Waals surface area contributed by atoms with Crippen molar-refractivity contribution in [2.75, 3.05) is 5.32 Å². The van der Waals surface area contributed by atoms with E-state index in [-0.39, 0.29) is 11.6 Å². The molecule has 0 aliphatic rings.